The fourth-order valence-corrected chi connectivity index (χ4v) is 1.73. The Labute approximate surface area is 114 Å². The normalized spacial score (nSPS) is 10.6. The minimum atomic E-state index is 0.528. The number of ether oxygens (including phenoxy) is 2. The van der Waals surface area contributed by atoms with Crippen LogP contribution >= 0.6 is 11.6 Å². The molecule has 0 aliphatic rings. The third-order valence-electron chi connectivity index (χ3n) is 2.56. The van der Waals surface area contributed by atoms with Crippen LogP contribution in [-0.4, -0.2) is 26.4 Å². The summed E-state index contributed by atoms with van der Waals surface area (Å²) in [5.74, 6) is 0.725. The third kappa shape index (κ3) is 6.24. The van der Waals surface area contributed by atoms with Crippen molar-refractivity contribution >= 4 is 11.6 Å². The molecule has 0 aromatic heterocycles. The van der Waals surface area contributed by atoms with Gasteiger partial charge in [0.15, 0.2) is 0 Å². The van der Waals surface area contributed by atoms with Crippen LogP contribution in [0.3, 0.4) is 0 Å². The van der Waals surface area contributed by atoms with Crippen molar-refractivity contribution < 1.29 is 9.47 Å². The highest BCUT2D eigenvalue weighted by Crippen LogP contribution is 2.24. The maximum Gasteiger partial charge on any atom is 0.138 e. The van der Waals surface area contributed by atoms with Gasteiger partial charge in [0.2, 0.25) is 0 Å². The molecule has 0 amide bonds. The quantitative estimate of drug-likeness (QED) is 0.702. The highest BCUT2D eigenvalue weighted by molar-refractivity contribution is 6.32. The van der Waals surface area contributed by atoms with Gasteiger partial charge in [-0.2, -0.15) is 0 Å². The van der Waals surface area contributed by atoms with E-state index in [2.05, 4.69) is 0 Å². The second-order valence-electron chi connectivity index (χ2n) is 4.24. The average Bonchev–Trinajstić information content (AvgIpc) is 2.36. The van der Waals surface area contributed by atoms with E-state index in [0.29, 0.717) is 18.2 Å². The number of unbranched alkanes of at least 4 members (excludes halogenated alkanes) is 2. The summed E-state index contributed by atoms with van der Waals surface area (Å²) < 4.78 is 11.0. The molecule has 102 valence electrons. The summed E-state index contributed by atoms with van der Waals surface area (Å²) >= 11 is 6.02. The van der Waals surface area contributed by atoms with E-state index in [-0.39, 0.29) is 0 Å². The Hall–Kier alpha value is -0.770. The van der Waals surface area contributed by atoms with E-state index in [1.807, 2.05) is 25.1 Å². The van der Waals surface area contributed by atoms with Crippen LogP contribution in [0, 0.1) is 6.92 Å². The molecule has 1 aromatic carbocycles. The Kier molecular flexibility index (Phi) is 7.81. The molecular formula is C14H22ClNO2. The smallest absolute Gasteiger partial charge is 0.138 e. The predicted octanol–water partition coefficient (Wildman–Crippen LogP) is 3.17. The van der Waals surface area contributed by atoms with E-state index >= 15 is 0 Å². The van der Waals surface area contributed by atoms with Gasteiger partial charge in [-0.1, -0.05) is 17.7 Å². The minimum Gasteiger partial charge on any atom is -0.490 e. The molecule has 0 fully saturated rings. The van der Waals surface area contributed by atoms with E-state index in [0.717, 1.165) is 43.7 Å². The monoisotopic (exact) mass is 271 g/mol. The van der Waals surface area contributed by atoms with Crippen molar-refractivity contribution in [3.63, 3.8) is 0 Å². The number of hydrogen-bond acceptors (Lipinski definition) is 3. The molecule has 2 N–H and O–H groups in total. The van der Waals surface area contributed by atoms with Crippen molar-refractivity contribution in [2.75, 3.05) is 26.4 Å². The fraction of sp³-hybridized carbons (Fsp3) is 0.571. The van der Waals surface area contributed by atoms with Gasteiger partial charge in [0.25, 0.3) is 0 Å². The molecule has 0 atom stereocenters. The van der Waals surface area contributed by atoms with E-state index < -0.39 is 0 Å². The van der Waals surface area contributed by atoms with E-state index in [9.17, 15) is 0 Å². The van der Waals surface area contributed by atoms with E-state index in [1.54, 1.807) is 0 Å². The standard InChI is InChI=1S/C14H22ClNO2/c1-12-5-6-13(15)14(11-12)18-10-9-17-8-4-2-3-7-16/h5-6,11H,2-4,7-10,16H2,1H3. The summed E-state index contributed by atoms with van der Waals surface area (Å²) in [7, 11) is 0. The van der Waals surface area contributed by atoms with Crippen LogP contribution in [-0.2, 0) is 4.74 Å². The van der Waals surface area contributed by atoms with Crippen LogP contribution in [0.25, 0.3) is 0 Å². The number of benzene rings is 1. The molecule has 0 spiro atoms. The van der Waals surface area contributed by atoms with E-state index in [1.165, 1.54) is 0 Å². The highest BCUT2D eigenvalue weighted by atomic mass is 35.5. The molecule has 18 heavy (non-hydrogen) atoms. The molecule has 1 aromatic rings. The van der Waals surface area contributed by atoms with Gasteiger partial charge in [0, 0.05) is 6.61 Å². The molecule has 0 saturated heterocycles. The Bertz CT molecular complexity index is 345. The summed E-state index contributed by atoms with van der Waals surface area (Å²) in [4.78, 5) is 0. The van der Waals surface area contributed by atoms with Crippen LogP contribution in [0.15, 0.2) is 18.2 Å². The lowest BCUT2D eigenvalue weighted by Crippen LogP contribution is -2.08. The van der Waals surface area contributed by atoms with Crippen molar-refractivity contribution in [2.24, 2.45) is 5.73 Å². The van der Waals surface area contributed by atoms with Gasteiger partial charge in [-0.25, -0.2) is 0 Å². The van der Waals surface area contributed by atoms with Crippen LogP contribution in [0.4, 0.5) is 0 Å². The molecule has 0 radical (unpaired) electrons. The third-order valence-corrected chi connectivity index (χ3v) is 2.88. The first-order chi connectivity index (χ1) is 8.74. The van der Waals surface area contributed by atoms with Crippen LogP contribution < -0.4 is 10.5 Å². The Morgan fingerprint density at radius 2 is 1.94 bits per heavy atom. The molecule has 1 rings (SSSR count). The largest absolute Gasteiger partial charge is 0.490 e. The molecule has 0 aliphatic heterocycles. The maximum absolute atomic E-state index is 6.02. The Morgan fingerprint density at radius 3 is 2.72 bits per heavy atom. The van der Waals surface area contributed by atoms with Crippen LogP contribution in [0.2, 0.25) is 5.02 Å². The summed E-state index contributed by atoms with van der Waals surface area (Å²) in [6, 6.07) is 5.74. The lowest BCUT2D eigenvalue weighted by atomic mass is 10.2. The van der Waals surface area contributed by atoms with Crippen LogP contribution in [0.1, 0.15) is 24.8 Å². The number of halogens is 1. The zero-order valence-electron chi connectivity index (χ0n) is 11.0. The Morgan fingerprint density at radius 1 is 1.11 bits per heavy atom. The summed E-state index contributed by atoms with van der Waals surface area (Å²) in [6.07, 6.45) is 3.25. The zero-order valence-corrected chi connectivity index (χ0v) is 11.7. The van der Waals surface area contributed by atoms with Crippen molar-refractivity contribution in [2.45, 2.75) is 26.2 Å². The fourth-order valence-electron chi connectivity index (χ4n) is 1.56. The molecule has 4 heteroatoms. The lowest BCUT2D eigenvalue weighted by molar-refractivity contribution is 0.0973. The van der Waals surface area contributed by atoms with Gasteiger partial charge in [-0.15, -0.1) is 0 Å². The van der Waals surface area contributed by atoms with Gasteiger partial charge in [-0.3, -0.25) is 0 Å². The molecule has 3 nitrogen and oxygen atoms in total. The molecule has 0 heterocycles. The summed E-state index contributed by atoms with van der Waals surface area (Å²) in [5, 5.41) is 0.642. The van der Waals surface area contributed by atoms with Gasteiger partial charge in [-0.05, 0) is 50.4 Å². The lowest BCUT2D eigenvalue weighted by Gasteiger charge is -2.09. The molecule has 0 bridgehead atoms. The SMILES string of the molecule is Cc1ccc(Cl)c(OCCOCCCCCN)c1. The van der Waals surface area contributed by atoms with Gasteiger partial charge in [0.05, 0.1) is 11.6 Å². The second kappa shape index (κ2) is 9.20. The first-order valence-electron chi connectivity index (χ1n) is 6.41. The zero-order chi connectivity index (χ0) is 13.2. The highest BCUT2D eigenvalue weighted by Gasteiger charge is 2.01. The predicted molar refractivity (Wildman–Crippen MR) is 75.4 cm³/mol. The van der Waals surface area contributed by atoms with Crippen molar-refractivity contribution in [1.82, 2.24) is 0 Å². The number of nitrogens with two attached hydrogens (primary N) is 1. The average molecular weight is 272 g/mol. The van der Waals surface area contributed by atoms with Crippen molar-refractivity contribution in [3.8, 4) is 5.75 Å². The molecule has 0 aliphatic carbocycles. The van der Waals surface area contributed by atoms with Crippen molar-refractivity contribution in [1.29, 1.82) is 0 Å². The molecule has 0 unspecified atom stereocenters. The minimum absolute atomic E-state index is 0.528. The molecular weight excluding hydrogens is 250 g/mol. The summed E-state index contributed by atoms with van der Waals surface area (Å²) in [6.45, 7) is 4.66. The number of aryl methyl sites for hydroxylation is 1. The second-order valence-corrected chi connectivity index (χ2v) is 4.65. The molecule has 0 saturated carbocycles. The first-order valence-corrected chi connectivity index (χ1v) is 6.78. The summed E-state index contributed by atoms with van der Waals surface area (Å²) in [5.41, 5.74) is 6.54. The van der Waals surface area contributed by atoms with Crippen LogP contribution in [0.5, 0.6) is 5.75 Å². The number of rotatable bonds is 9. The van der Waals surface area contributed by atoms with Gasteiger partial charge in [0.1, 0.15) is 12.4 Å². The van der Waals surface area contributed by atoms with E-state index in [4.69, 9.17) is 26.8 Å². The number of hydrogen-bond donors (Lipinski definition) is 1. The van der Waals surface area contributed by atoms with Crippen molar-refractivity contribution in [3.05, 3.63) is 28.8 Å². The first kappa shape index (κ1) is 15.3. The van der Waals surface area contributed by atoms with Gasteiger partial charge >= 0.3 is 0 Å². The topological polar surface area (TPSA) is 44.5 Å². The maximum atomic E-state index is 6.02. The van der Waals surface area contributed by atoms with Gasteiger partial charge < -0.3 is 15.2 Å². The Balaban J connectivity index is 2.09.